The molecule has 0 aliphatic rings. The first-order valence-electron chi connectivity index (χ1n) is 8.88. The minimum Gasteiger partial charge on any atom is -0.350 e. The van der Waals surface area contributed by atoms with E-state index in [1.54, 1.807) is 4.52 Å². The smallest absolute Gasteiger partial charge is 0.252 e. The molecule has 0 fully saturated rings. The Bertz CT molecular complexity index is 1140. The number of carbonyl (C=O) groups is 1. The second-order valence-corrected chi connectivity index (χ2v) is 6.66. The number of imidazole rings is 1. The molecule has 4 aromatic rings. The van der Waals surface area contributed by atoms with Crippen LogP contribution in [0, 0.1) is 20.8 Å². The summed E-state index contributed by atoms with van der Waals surface area (Å²) in [5.41, 5.74) is 5.76. The SMILES string of the molecule is Cc1nc2ncnn2c(C)c1CCC(=O)NCc1cn2cccc(C)c2n1. The fourth-order valence-corrected chi connectivity index (χ4v) is 3.32. The van der Waals surface area contributed by atoms with Gasteiger partial charge in [-0.2, -0.15) is 10.1 Å². The molecule has 4 rings (SSSR count). The maximum absolute atomic E-state index is 12.3. The number of pyridine rings is 1. The number of aromatic nitrogens is 6. The van der Waals surface area contributed by atoms with Gasteiger partial charge < -0.3 is 9.72 Å². The van der Waals surface area contributed by atoms with E-state index in [1.807, 2.05) is 49.7 Å². The molecule has 0 bridgehead atoms. The van der Waals surface area contributed by atoms with Crippen LogP contribution in [0.25, 0.3) is 11.4 Å². The van der Waals surface area contributed by atoms with Gasteiger partial charge in [0.15, 0.2) is 0 Å². The highest BCUT2D eigenvalue weighted by atomic mass is 16.1. The van der Waals surface area contributed by atoms with E-state index in [0.717, 1.165) is 33.9 Å². The molecule has 0 atom stereocenters. The van der Waals surface area contributed by atoms with Crippen molar-refractivity contribution < 1.29 is 4.79 Å². The minimum absolute atomic E-state index is 0.0127. The van der Waals surface area contributed by atoms with Gasteiger partial charge >= 0.3 is 0 Å². The molecule has 0 aromatic carbocycles. The lowest BCUT2D eigenvalue weighted by atomic mass is 10.1. The zero-order valence-corrected chi connectivity index (χ0v) is 15.6. The van der Waals surface area contributed by atoms with E-state index in [2.05, 4.69) is 25.4 Å². The summed E-state index contributed by atoms with van der Waals surface area (Å²) in [5.74, 6) is 0.571. The van der Waals surface area contributed by atoms with Crippen molar-refractivity contribution in [1.29, 1.82) is 0 Å². The number of rotatable bonds is 5. The fraction of sp³-hybridized carbons (Fsp3) is 0.316. The maximum Gasteiger partial charge on any atom is 0.252 e. The van der Waals surface area contributed by atoms with E-state index in [9.17, 15) is 4.79 Å². The number of hydrogen-bond donors (Lipinski definition) is 1. The van der Waals surface area contributed by atoms with Gasteiger partial charge in [-0.1, -0.05) is 6.07 Å². The number of amides is 1. The van der Waals surface area contributed by atoms with E-state index < -0.39 is 0 Å². The zero-order chi connectivity index (χ0) is 19.0. The summed E-state index contributed by atoms with van der Waals surface area (Å²) in [6.45, 7) is 6.35. The van der Waals surface area contributed by atoms with Crippen LogP contribution in [0.1, 0.15) is 34.6 Å². The number of nitrogens with zero attached hydrogens (tertiary/aromatic N) is 6. The van der Waals surface area contributed by atoms with Gasteiger partial charge in [-0.15, -0.1) is 0 Å². The van der Waals surface area contributed by atoms with Crippen molar-refractivity contribution in [2.75, 3.05) is 0 Å². The van der Waals surface area contributed by atoms with Crippen LogP contribution < -0.4 is 5.32 Å². The van der Waals surface area contributed by atoms with Crippen LogP contribution >= 0.6 is 0 Å². The molecule has 0 radical (unpaired) electrons. The molecule has 0 unspecified atom stereocenters. The number of fused-ring (bicyclic) bond motifs is 2. The number of carbonyl (C=O) groups excluding carboxylic acids is 1. The monoisotopic (exact) mass is 363 g/mol. The van der Waals surface area contributed by atoms with Gasteiger partial charge in [0.2, 0.25) is 5.91 Å². The predicted molar refractivity (Wildman–Crippen MR) is 100 cm³/mol. The third-order valence-corrected chi connectivity index (χ3v) is 4.79. The van der Waals surface area contributed by atoms with Crippen molar-refractivity contribution in [2.24, 2.45) is 0 Å². The zero-order valence-electron chi connectivity index (χ0n) is 15.6. The molecule has 8 heteroatoms. The van der Waals surface area contributed by atoms with Crippen LogP contribution in [0.15, 0.2) is 30.9 Å². The third-order valence-electron chi connectivity index (χ3n) is 4.79. The van der Waals surface area contributed by atoms with Crippen molar-refractivity contribution in [3.8, 4) is 0 Å². The molecule has 27 heavy (non-hydrogen) atoms. The van der Waals surface area contributed by atoms with Gasteiger partial charge in [-0.05, 0) is 44.4 Å². The Hall–Kier alpha value is -3.29. The summed E-state index contributed by atoms with van der Waals surface area (Å²) < 4.78 is 3.68. The summed E-state index contributed by atoms with van der Waals surface area (Å²) >= 11 is 0. The lowest BCUT2D eigenvalue weighted by Gasteiger charge is -2.10. The van der Waals surface area contributed by atoms with Gasteiger partial charge in [0, 0.05) is 30.2 Å². The van der Waals surface area contributed by atoms with E-state index in [-0.39, 0.29) is 5.91 Å². The van der Waals surface area contributed by atoms with E-state index in [0.29, 0.717) is 25.2 Å². The largest absolute Gasteiger partial charge is 0.350 e. The molecule has 1 N–H and O–H groups in total. The Morgan fingerprint density at radius 1 is 1.22 bits per heavy atom. The van der Waals surface area contributed by atoms with E-state index in [4.69, 9.17) is 0 Å². The second-order valence-electron chi connectivity index (χ2n) is 6.66. The van der Waals surface area contributed by atoms with Crippen LogP contribution in [0.5, 0.6) is 0 Å². The predicted octanol–water partition coefficient (Wildman–Crippen LogP) is 1.95. The van der Waals surface area contributed by atoms with Crippen LogP contribution in [0.2, 0.25) is 0 Å². The molecule has 0 saturated heterocycles. The standard InChI is InChI=1S/C19H21N7O/c1-12-5-4-8-25-10-15(24-18(12)25)9-20-17(27)7-6-16-13(2)23-19-21-11-22-26(19)14(16)3/h4-5,8,10-11H,6-7,9H2,1-3H3,(H,20,27). The third kappa shape index (κ3) is 3.25. The Balaban J connectivity index is 1.40. The highest BCUT2D eigenvalue weighted by molar-refractivity contribution is 5.76. The van der Waals surface area contributed by atoms with Crippen molar-refractivity contribution >= 4 is 17.3 Å². The summed E-state index contributed by atoms with van der Waals surface area (Å²) in [7, 11) is 0. The molecule has 0 aliphatic heterocycles. The molecular weight excluding hydrogens is 342 g/mol. The summed E-state index contributed by atoms with van der Waals surface area (Å²) in [6.07, 6.45) is 6.38. The van der Waals surface area contributed by atoms with Crippen molar-refractivity contribution in [1.82, 2.24) is 34.3 Å². The van der Waals surface area contributed by atoms with Gasteiger partial charge in [0.25, 0.3) is 5.78 Å². The normalized spacial score (nSPS) is 11.4. The molecule has 138 valence electrons. The van der Waals surface area contributed by atoms with Crippen LogP contribution in [0.4, 0.5) is 0 Å². The van der Waals surface area contributed by atoms with Crippen LogP contribution in [-0.2, 0) is 17.8 Å². The van der Waals surface area contributed by atoms with Gasteiger partial charge in [-0.25, -0.2) is 14.5 Å². The highest BCUT2D eigenvalue weighted by Gasteiger charge is 2.13. The van der Waals surface area contributed by atoms with E-state index >= 15 is 0 Å². The van der Waals surface area contributed by atoms with Gasteiger partial charge in [0.05, 0.1) is 12.2 Å². The van der Waals surface area contributed by atoms with Crippen molar-refractivity contribution in [3.63, 3.8) is 0 Å². The molecule has 0 spiro atoms. The number of nitrogens with one attached hydrogen (secondary N) is 1. The molecule has 4 aromatic heterocycles. The molecule has 0 aliphatic carbocycles. The van der Waals surface area contributed by atoms with Crippen molar-refractivity contribution in [3.05, 3.63) is 59.1 Å². The lowest BCUT2D eigenvalue weighted by molar-refractivity contribution is -0.121. The second kappa shape index (κ2) is 6.79. The van der Waals surface area contributed by atoms with E-state index in [1.165, 1.54) is 6.33 Å². The first kappa shape index (κ1) is 17.1. The van der Waals surface area contributed by atoms with Crippen LogP contribution in [-0.4, -0.2) is 34.9 Å². The van der Waals surface area contributed by atoms with Gasteiger partial charge in [-0.3, -0.25) is 4.79 Å². The Morgan fingerprint density at radius 3 is 2.89 bits per heavy atom. The van der Waals surface area contributed by atoms with Crippen molar-refractivity contribution in [2.45, 2.75) is 40.2 Å². The first-order chi connectivity index (χ1) is 13.0. The summed E-state index contributed by atoms with van der Waals surface area (Å²) in [6, 6.07) is 4.01. The average molecular weight is 363 g/mol. The first-order valence-corrected chi connectivity index (χ1v) is 8.88. The fourth-order valence-electron chi connectivity index (χ4n) is 3.32. The highest BCUT2D eigenvalue weighted by Crippen LogP contribution is 2.15. The average Bonchev–Trinajstić information content (AvgIpc) is 3.27. The minimum atomic E-state index is -0.0127. The molecule has 8 nitrogen and oxygen atoms in total. The lowest BCUT2D eigenvalue weighted by Crippen LogP contribution is -2.23. The molecule has 4 heterocycles. The molecule has 0 saturated carbocycles. The number of hydrogen-bond acceptors (Lipinski definition) is 5. The van der Waals surface area contributed by atoms with Gasteiger partial charge in [0.1, 0.15) is 12.0 Å². The maximum atomic E-state index is 12.3. The summed E-state index contributed by atoms with van der Waals surface area (Å²) in [4.78, 5) is 25.4. The molecular formula is C19H21N7O. The quantitative estimate of drug-likeness (QED) is 0.585. The Morgan fingerprint density at radius 2 is 2.07 bits per heavy atom. The Labute approximate surface area is 156 Å². The number of aryl methyl sites for hydroxylation is 3. The molecule has 1 amide bonds. The Kier molecular flexibility index (Phi) is 4.31. The van der Waals surface area contributed by atoms with Crippen LogP contribution in [0.3, 0.4) is 0 Å². The summed E-state index contributed by atoms with van der Waals surface area (Å²) in [5, 5.41) is 7.13. The topological polar surface area (TPSA) is 89.5 Å².